The molecule has 1 saturated heterocycles. The van der Waals surface area contributed by atoms with Crippen molar-refractivity contribution in [2.24, 2.45) is 5.92 Å². The quantitative estimate of drug-likeness (QED) is 0.930. The van der Waals surface area contributed by atoms with E-state index in [0.29, 0.717) is 19.5 Å². The first-order valence-corrected chi connectivity index (χ1v) is 6.97. The summed E-state index contributed by atoms with van der Waals surface area (Å²) in [5.74, 6) is -1.43. The number of carboxylic acids is 1. The van der Waals surface area contributed by atoms with Crippen molar-refractivity contribution in [3.05, 3.63) is 20.8 Å². The largest absolute Gasteiger partial charge is 0.481 e. The summed E-state index contributed by atoms with van der Waals surface area (Å²) in [7, 11) is 0. The van der Waals surface area contributed by atoms with Gasteiger partial charge >= 0.3 is 5.97 Å². The number of carbonyl (C=O) groups is 2. The number of hydrogen-bond acceptors (Lipinski definition) is 3. The fraction of sp³-hybridized carbons (Fsp3) is 0.455. The van der Waals surface area contributed by atoms with Crippen LogP contribution in [0.5, 0.6) is 0 Å². The van der Waals surface area contributed by atoms with E-state index in [1.165, 1.54) is 0 Å². The molecule has 92 valence electrons. The number of thiophene rings is 1. The van der Waals surface area contributed by atoms with Crippen LogP contribution in [0.1, 0.15) is 17.7 Å². The summed E-state index contributed by atoms with van der Waals surface area (Å²) in [6.45, 7) is 1.12. The molecular formula is C11H12BrNO3S. The molecule has 4 nitrogen and oxygen atoms in total. The molecule has 1 amide bonds. The first kappa shape index (κ1) is 12.6. The Kier molecular flexibility index (Phi) is 3.83. The van der Waals surface area contributed by atoms with Crippen molar-refractivity contribution in [2.75, 3.05) is 6.54 Å². The van der Waals surface area contributed by atoms with E-state index in [1.807, 2.05) is 11.4 Å². The Morgan fingerprint density at radius 2 is 2.41 bits per heavy atom. The van der Waals surface area contributed by atoms with Gasteiger partial charge in [0, 0.05) is 27.7 Å². The zero-order valence-corrected chi connectivity index (χ0v) is 11.5. The van der Waals surface area contributed by atoms with Crippen LogP contribution < -0.4 is 0 Å². The van der Waals surface area contributed by atoms with Gasteiger partial charge in [-0.1, -0.05) is 0 Å². The molecule has 2 heterocycles. The van der Waals surface area contributed by atoms with Crippen LogP contribution in [0.25, 0.3) is 0 Å². The molecule has 1 N–H and O–H groups in total. The van der Waals surface area contributed by atoms with E-state index in [2.05, 4.69) is 15.9 Å². The minimum Gasteiger partial charge on any atom is -0.481 e. The van der Waals surface area contributed by atoms with Crippen LogP contribution >= 0.6 is 27.3 Å². The molecule has 0 radical (unpaired) electrons. The molecule has 0 spiro atoms. The number of amides is 1. The smallest absolute Gasteiger partial charge is 0.307 e. The molecule has 1 aromatic heterocycles. The van der Waals surface area contributed by atoms with Crippen LogP contribution in [0.3, 0.4) is 0 Å². The average Bonchev–Trinajstić information content (AvgIpc) is 2.67. The maximum Gasteiger partial charge on any atom is 0.307 e. The second-order valence-electron chi connectivity index (χ2n) is 4.07. The van der Waals surface area contributed by atoms with E-state index >= 15 is 0 Å². The van der Waals surface area contributed by atoms with Crippen LogP contribution in [0.2, 0.25) is 0 Å². The standard InChI is InChI=1S/C11H12BrNO3S/c12-8-4-9(17-6-8)5-13-2-1-7(11(15)16)3-10(13)14/h4,6-7H,1-3,5H2,(H,15,16). The molecule has 1 aromatic rings. The molecule has 0 aromatic carbocycles. The van der Waals surface area contributed by atoms with Gasteiger partial charge in [-0.3, -0.25) is 9.59 Å². The predicted octanol–water partition coefficient (Wildman–Crippen LogP) is 2.33. The number of carboxylic acid groups (broad SMARTS) is 1. The number of piperidine rings is 1. The van der Waals surface area contributed by atoms with Gasteiger partial charge in [0.2, 0.25) is 5.91 Å². The fourth-order valence-electron chi connectivity index (χ4n) is 1.88. The lowest BCUT2D eigenvalue weighted by molar-refractivity contribution is -0.149. The lowest BCUT2D eigenvalue weighted by atomic mass is 9.96. The first-order chi connectivity index (χ1) is 8.06. The Morgan fingerprint density at radius 1 is 1.65 bits per heavy atom. The van der Waals surface area contributed by atoms with Crippen LogP contribution in [0.4, 0.5) is 0 Å². The van der Waals surface area contributed by atoms with E-state index in [1.54, 1.807) is 16.2 Å². The Hall–Kier alpha value is -0.880. The Bertz CT molecular complexity index is 446. The molecule has 2 rings (SSSR count). The van der Waals surface area contributed by atoms with Crippen LogP contribution in [-0.2, 0) is 16.1 Å². The zero-order valence-electron chi connectivity index (χ0n) is 9.06. The van der Waals surface area contributed by atoms with E-state index in [-0.39, 0.29) is 12.3 Å². The molecule has 1 fully saturated rings. The van der Waals surface area contributed by atoms with Crippen LogP contribution in [-0.4, -0.2) is 28.4 Å². The monoisotopic (exact) mass is 317 g/mol. The van der Waals surface area contributed by atoms with Crippen molar-refractivity contribution in [1.82, 2.24) is 4.90 Å². The number of carbonyl (C=O) groups excluding carboxylic acids is 1. The maximum atomic E-state index is 11.8. The lowest BCUT2D eigenvalue weighted by Gasteiger charge is -2.29. The van der Waals surface area contributed by atoms with Gasteiger partial charge in [-0.05, 0) is 28.4 Å². The number of aliphatic carboxylic acids is 1. The Balaban J connectivity index is 1.96. The third-order valence-electron chi connectivity index (χ3n) is 2.84. The maximum absolute atomic E-state index is 11.8. The van der Waals surface area contributed by atoms with Gasteiger partial charge in [0.15, 0.2) is 0 Å². The van der Waals surface area contributed by atoms with E-state index < -0.39 is 11.9 Å². The summed E-state index contributed by atoms with van der Waals surface area (Å²) in [4.78, 5) is 25.4. The van der Waals surface area contributed by atoms with Gasteiger partial charge in [-0.25, -0.2) is 0 Å². The van der Waals surface area contributed by atoms with Crippen molar-refractivity contribution < 1.29 is 14.7 Å². The van der Waals surface area contributed by atoms with Gasteiger partial charge < -0.3 is 10.0 Å². The highest BCUT2D eigenvalue weighted by molar-refractivity contribution is 9.10. The molecular weight excluding hydrogens is 306 g/mol. The van der Waals surface area contributed by atoms with Gasteiger partial charge in [0.05, 0.1) is 12.5 Å². The highest BCUT2D eigenvalue weighted by atomic mass is 79.9. The normalized spacial score (nSPS) is 20.6. The predicted molar refractivity (Wildman–Crippen MR) is 67.8 cm³/mol. The summed E-state index contributed by atoms with van der Waals surface area (Å²) in [5, 5.41) is 10.8. The molecule has 6 heteroatoms. The zero-order chi connectivity index (χ0) is 12.4. The Labute approximate surface area is 111 Å². The highest BCUT2D eigenvalue weighted by Gasteiger charge is 2.30. The summed E-state index contributed by atoms with van der Waals surface area (Å²) in [6.07, 6.45) is 0.676. The molecule has 17 heavy (non-hydrogen) atoms. The summed E-state index contributed by atoms with van der Waals surface area (Å²) >= 11 is 4.97. The average molecular weight is 318 g/mol. The first-order valence-electron chi connectivity index (χ1n) is 5.30. The third-order valence-corrected chi connectivity index (χ3v) is 4.52. The number of hydrogen-bond donors (Lipinski definition) is 1. The van der Waals surface area contributed by atoms with Crippen molar-refractivity contribution in [2.45, 2.75) is 19.4 Å². The molecule has 0 aliphatic carbocycles. The second kappa shape index (κ2) is 5.18. The van der Waals surface area contributed by atoms with Crippen LogP contribution in [0.15, 0.2) is 15.9 Å². The van der Waals surface area contributed by atoms with Crippen molar-refractivity contribution >= 4 is 39.1 Å². The van der Waals surface area contributed by atoms with Crippen molar-refractivity contribution in [3.63, 3.8) is 0 Å². The molecule has 0 bridgehead atoms. The minimum atomic E-state index is -0.864. The molecule has 1 aliphatic heterocycles. The van der Waals surface area contributed by atoms with Gasteiger partial charge in [-0.15, -0.1) is 11.3 Å². The van der Waals surface area contributed by atoms with E-state index in [0.717, 1.165) is 9.35 Å². The van der Waals surface area contributed by atoms with Gasteiger partial charge in [0.25, 0.3) is 0 Å². The number of rotatable bonds is 3. The highest BCUT2D eigenvalue weighted by Crippen LogP contribution is 2.24. The summed E-state index contributed by atoms with van der Waals surface area (Å²) in [5.41, 5.74) is 0. The molecule has 0 saturated carbocycles. The summed E-state index contributed by atoms with van der Waals surface area (Å²) < 4.78 is 1.02. The SMILES string of the molecule is O=C(O)C1CCN(Cc2cc(Br)cs2)C(=O)C1. The number of nitrogens with zero attached hydrogens (tertiary/aromatic N) is 1. The van der Waals surface area contributed by atoms with Crippen molar-refractivity contribution in [3.8, 4) is 0 Å². The lowest BCUT2D eigenvalue weighted by Crippen LogP contribution is -2.40. The van der Waals surface area contributed by atoms with Crippen molar-refractivity contribution in [1.29, 1.82) is 0 Å². The second-order valence-corrected chi connectivity index (χ2v) is 5.99. The molecule has 1 atom stereocenters. The Morgan fingerprint density at radius 3 is 2.94 bits per heavy atom. The fourth-order valence-corrected chi connectivity index (χ4v) is 3.35. The number of likely N-dealkylation sites (tertiary alicyclic amines) is 1. The molecule has 1 unspecified atom stereocenters. The van der Waals surface area contributed by atoms with Gasteiger partial charge in [-0.2, -0.15) is 0 Å². The topological polar surface area (TPSA) is 57.6 Å². The minimum absolute atomic E-state index is 0.0619. The third kappa shape index (κ3) is 3.07. The molecule has 1 aliphatic rings. The van der Waals surface area contributed by atoms with E-state index in [9.17, 15) is 9.59 Å². The van der Waals surface area contributed by atoms with Gasteiger partial charge in [0.1, 0.15) is 0 Å². The number of halogens is 1. The van der Waals surface area contributed by atoms with E-state index in [4.69, 9.17) is 5.11 Å². The summed E-state index contributed by atoms with van der Waals surface area (Å²) in [6, 6.07) is 1.99. The van der Waals surface area contributed by atoms with Crippen LogP contribution in [0, 0.1) is 5.92 Å².